The maximum absolute atomic E-state index is 11.2. The van der Waals surface area contributed by atoms with E-state index in [4.69, 9.17) is 5.73 Å². The molecule has 1 fully saturated rings. The number of aromatic nitrogens is 3. The van der Waals surface area contributed by atoms with Crippen LogP contribution in [0.1, 0.15) is 24.3 Å². The second kappa shape index (κ2) is 6.47. The van der Waals surface area contributed by atoms with Gasteiger partial charge in [0.25, 0.3) is 0 Å². The normalized spacial score (nSPS) is 17.6. The lowest BCUT2D eigenvalue weighted by Gasteiger charge is -2.30. The Bertz CT molecular complexity index is 912. The van der Waals surface area contributed by atoms with Crippen LogP contribution < -0.4 is 5.73 Å². The fraction of sp³-hybridized carbons (Fsp3) is 0.263. The van der Waals surface area contributed by atoms with Gasteiger partial charge in [-0.3, -0.25) is 9.78 Å². The molecule has 1 atom stereocenters. The molecule has 0 saturated carbocycles. The molecule has 1 unspecified atom stereocenters. The quantitative estimate of drug-likeness (QED) is 0.745. The summed E-state index contributed by atoms with van der Waals surface area (Å²) >= 11 is 0. The van der Waals surface area contributed by atoms with Gasteiger partial charge < -0.3 is 10.6 Å². The summed E-state index contributed by atoms with van der Waals surface area (Å²) < 4.78 is 0. The molecule has 2 aromatic heterocycles. The van der Waals surface area contributed by atoms with Gasteiger partial charge in [-0.1, -0.05) is 6.07 Å². The Balaban J connectivity index is 1.88. The number of piperidine rings is 1. The number of nitrogens with zero attached hydrogens (tertiary/aromatic N) is 4. The number of hydrogen-bond acceptors (Lipinski definition) is 5. The van der Waals surface area contributed by atoms with E-state index < -0.39 is 0 Å². The van der Waals surface area contributed by atoms with E-state index in [1.165, 1.54) is 0 Å². The van der Waals surface area contributed by atoms with Crippen molar-refractivity contribution in [3.63, 3.8) is 0 Å². The van der Waals surface area contributed by atoms with Gasteiger partial charge in [-0.25, -0.2) is 9.97 Å². The molecule has 0 radical (unpaired) electrons. The number of amides is 1. The van der Waals surface area contributed by atoms with Crippen LogP contribution in [0.25, 0.3) is 22.0 Å². The van der Waals surface area contributed by atoms with Gasteiger partial charge in [0.2, 0.25) is 12.4 Å². The average molecular weight is 333 g/mol. The molecule has 3 aromatic rings. The van der Waals surface area contributed by atoms with E-state index in [0.717, 1.165) is 53.4 Å². The second-order valence-electron chi connectivity index (χ2n) is 6.41. The van der Waals surface area contributed by atoms with Gasteiger partial charge >= 0.3 is 0 Å². The van der Waals surface area contributed by atoms with Gasteiger partial charge in [-0.15, -0.1) is 0 Å². The Morgan fingerprint density at radius 2 is 2.16 bits per heavy atom. The van der Waals surface area contributed by atoms with Crippen molar-refractivity contribution in [2.45, 2.75) is 18.8 Å². The standard InChI is InChI=1S/C19H19N5O/c20-19-22-10-16-7-15(13-3-1-5-21-9-13)8-17(18(16)23-19)14-4-2-6-24(11-14)12-25/h1,3,5,7-10,12,14H,2,4,6,11H2,(H2,20,22,23). The molecule has 4 rings (SSSR count). The van der Waals surface area contributed by atoms with Crippen LogP contribution in [0.5, 0.6) is 0 Å². The van der Waals surface area contributed by atoms with E-state index in [0.29, 0.717) is 6.54 Å². The Hall–Kier alpha value is -3.02. The molecular formula is C19H19N5O. The SMILES string of the molecule is Nc1ncc2cc(-c3cccnc3)cc(C3CCCN(C=O)C3)c2n1. The van der Waals surface area contributed by atoms with Crippen LogP contribution in [0.4, 0.5) is 5.95 Å². The number of fused-ring (bicyclic) bond motifs is 1. The molecule has 2 N–H and O–H groups in total. The fourth-order valence-electron chi connectivity index (χ4n) is 3.55. The number of carbonyl (C=O) groups excluding carboxylic acids is 1. The summed E-state index contributed by atoms with van der Waals surface area (Å²) in [5.41, 5.74) is 9.94. The Morgan fingerprint density at radius 3 is 2.96 bits per heavy atom. The zero-order valence-corrected chi connectivity index (χ0v) is 13.8. The van der Waals surface area contributed by atoms with Crippen molar-refractivity contribution >= 4 is 23.3 Å². The number of likely N-dealkylation sites (tertiary alicyclic amines) is 1. The monoisotopic (exact) mass is 333 g/mol. The highest BCUT2D eigenvalue weighted by Gasteiger charge is 2.23. The van der Waals surface area contributed by atoms with E-state index in [1.807, 2.05) is 23.2 Å². The highest BCUT2D eigenvalue weighted by molar-refractivity contribution is 5.88. The van der Waals surface area contributed by atoms with Crippen LogP contribution in [0.15, 0.2) is 42.9 Å². The van der Waals surface area contributed by atoms with Crippen LogP contribution in [0, 0.1) is 0 Å². The number of benzene rings is 1. The number of pyridine rings is 1. The molecule has 0 spiro atoms. The van der Waals surface area contributed by atoms with Crippen LogP contribution in [0.3, 0.4) is 0 Å². The van der Waals surface area contributed by atoms with E-state index in [2.05, 4.69) is 27.1 Å². The lowest BCUT2D eigenvalue weighted by molar-refractivity contribution is -0.119. The zero-order valence-electron chi connectivity index (χ0n) is 13.8. The molecule has 126 valence electrons. The number of nitrogens with two attached hydrogens (primary N) is 1. The van der Waals surface area contributed by atoms with Crippen LogP contribution in [-0.2, 0) is 4.79 Å². The molecule has 0 aliphatic carbocycles. The molecular weight excluding hydrogens is 314 g/mol. The smallest absolute Gasteiger partial charge is 0.220 e. The summed E-state index contributed by atoms with van der Waals surface area (Å²) in [7, 11) is 0. The first-order chi connectivity index (χ1) is 12.2. The van der Waals surface area contributed by atoms with Gasteiger partial charge in [0.15, 0.2) is 0 Å². The third kappa shape index (κ3) is 3.03. The van der Waals surface area contributed by atoms with Crippen molar-refractivity contribution in [3.8, 4) is 11.1 Å². The van der Waals surface area contributed by atoms with Crippen molar-refractivity contribution in [2.75, 3.05) is 18.8 Å². The lowest BCUT2D eigenvalue weighted by atomic mass is 9.87. The van der Waals surface area contributed by atoms with Crippen molar-refractivity contribution in [1.82, 2.24) is 19.9 Å². The molecule has 25 heavy (non-hydrogen) atoms. The highest BCUT2D eigenvalue weighted by atomic mass is 16.1. The van der Waals surface area contributed by atoms with Gasteiger partial charge in [-0.05, 0) is 42.2 Å². The predicted octanol–water partition coefficient (Wildman–Crippen LogP) is 2.61. The zero-order chi connectivity index (χ0) is 17.2. The molecule has 1 amide bonds. The summed E-state index contributed by atoms with van der Waals surface area (Å²) in [6, 6.07) is 8.18. The average Bonchev–Trinajstić information content (AvgIpc) is 2.68. The third-order valence-corrected chi connectivity index (χ3v) is 4.77. The number of rotatable bonds is 3. The van der Waals surface area contributed by atoms with Gasteiger partial charge in [0, 0.05) is 48.5 Å². The lowest BCUT2D eigenvalue weighted by Crippen LogP contribution is -2.33. The number of anilines is 1. The van der Waals surface area contributed by atoms with Crippen LogP contribution in [0.2, 0.25) is 0 Å². The molecule has 1 aromatic carbocycles. The highest BCUT2D eigenvalue weighted by Crippen LogP contribution is 2.34. The minimum absolute atomic E-state index is 0.243. The van der Waals surface area contributed by atoms with Crippen molar-refractivity contribution < 1.29 is 4.79 Å². The molecule has 0 bridgehead atoms. The maximum atomic E-state index is 11.2. The number of nitrogen functional groups attached to an aromatic ring is 1. The topological polar surface area (TPSA) is 85.0 Å². The third-order valence-electron chi connectivity index (χ3n) is 4.77. The largest absolute Gasteiger partial charge is 0.368 e. The first kappa shape index (κ1) is 15.5. The van der Waals surface area contributed by atoms with Gasteiger partial charge in [0.05, 0.1) is 5.52 Å². The van der Waals surface area contributed by atoms with Crippen molar-refractivity contribution in [1.29, 1.82) is 0 Å². The summed E-state index contributed by atoms with van der Waals surface area (Å²) in [5.74, 6) is 0.512. The Kier molecular flexibility index (Phi) is 4.01. The summed E-state index contributed by atoms with van der Waals surface area (Å²) in [6.45, 7) is 1.52. The minimum Gasteiger partial charge on any atom is -0.368 e. The van der Waals surface area contributed by atoms with Gasteiger partial charge in [-0.2, -0.15) is 0 Å². The predicted molar refractivity (Wildman–Crippen MR) is 96.8 cm³/mol. The number of carbonyl (C=O) groups is 1. The minimum atomic E-state index is 0.243. The van der Waals surface area contributed by atoms with E-state index >= 15 is 0 Å². The Labute approximate surface area is 145 Å². The molecule has 1 saturated heterocycles. The molecule has 1 aliphatic heterocycles. The Morgan fingerprint density at radius 1 is 1.24 bits per heavy atom. The second-order valence-corrected chi connectivity index (χ2v) is 6.41. The molecule has 6 nitrogen and oxygen atoms in total. The first-order valence-electron chi connectivity index (χ1n) is 8.40. The summed E-state index contributed by atoms with van der Waals surface area (Å²) in [4.78, 5) is 25.9. The van der Waals surface area contributed by atoms with Crippen molar-refractivity contribution in [2.24, 2.45) is 0 Å². The maximum Gasteiger partial charge on any atom is 0.220 e. The molecule has 6 heteroatoms. The summed E-state index contributed by atoms with van der Waals surface area (Å²) in [5, 5.41) is 0.953. The first-order valence-corrected chi connectivity index (χ1v) is 8.40. The van der Waals surface area contributed by atoms with E-state index in [9.17, 15) is 4.79 Å². The number of hydrogen-bond donors (Lipinski definition) is 1. The van der Waals surface area contributed by atoms with Crippen molar-refractivity contribution in [3.05, 3.63) is 48.4 Å². The fourth-order valence-corrected chi connectivity index (χ4v) is 3.55. The van der Waals surface area contributed by atoms with E-state index in [-0.39, 0.29) is 11.9 Å². The molecule has 1 aliphatic rings. The van der Waals surface area contributed by atoms with Crippen LogP contribution >= 0.6 is 0 Å². The van der Waals surface area contributed by atoms with Crippen LogP contribution in [-0.4, -0.2) is 39.4 Å². The summed E-state index contributed by atoms with van der Waals surface area (Å²) in [6.07, 6.45) is 8.33. The van der Waals surface area contributed by atoms with Gasteiger partial charge in [0.1, 0.15) is 0 Å². The van der Waals surface area contributed by atoms with E-state index in [1.54, 1.807) is 12.4 Å². The molecule has 3 heterocycles.